The number of hydrogen-bond acceptors (Lipinski definition) is 2. The van der Waals surface area contributed by atoms with Crippen LogP contribution in [0.15, 0.2) is 60.7 Å². The molecular weight excluding hydrogens is 336 g/mol. The van der Waals surface area contributed by atoms with Crippen LogP contribution in [-0.2, 0) is 11.2 Å². The van der Waals surface area contributed by atoms with Gasteiger partial charge in [0, 0.05) is 29.6 Å². The zero-order valence-corrected chi connectivity index (χ0v) is 15.4. The number of amides is 2. The molecule has 4 heteroatoms. The smallest absolute Gasteiger partial charge is 0.258 e. The summed E-state index contributed by atoms with van der Waals surface area (Å²) in [4.78, 5) is 26.9. The topological polar surface area (TPSA) is 49.4 Å². The molecule has 27 heavy (non-hydrogen) atoms. The number of rotatable bonds is 6. The van der Waals surface area contributed by atoms with Gasteiger partial charge in [0.1, 0.15) is 0 Å². The molecule has 1 heterocycles. The number of anilines is 2. The Morgan fingerprint density at radius 3 is 2.59 bits per heavy atom. The lowest BCUT2D eigenvalue weighted by Gasteiger charge is -2.17. The summed E-state index contributed by atoms with van der Waals surface area (Å²) in [5, 5.41) is 5.09. The minimum atomic E-state index is -0.0155. The number of para-hydroxylation sites is 1. The molecule has 2 amide bonds. The van der Waals surface area contributed by atoms with E-state index in [1.54, 1.807) is 4.90 Å². The van der Waals surface area contributed by atoms with Crippen molar-refractivity contribution < 1.29 is 9.59 Å². The van der Waals surface area contributed by atoms with E-state index in [-0.39, 0.29) is 11.8 Å². The molecule has 0 saturated carbocycles. The van der Waals surface area contributed by atoms with Crippen LogP contribution in [0.5, 0.6) is 0 Å². The quantitative estimate of drug-likeness (QED) is 0.689. The van der Waals surface area contributed by atoms with Gasteiger partial charge in [-0.2, -0.15) is 0 Å². The summed E-state index contributed by atoms with van der Waals surface area (Å²) in [6.45, 7) is 2.61. The summed E-state index contributed by atoms with van der Waals surface area (Å²) in [7, 11) is 0. The highest BCUT2D eigenvalue weighted by Crippen LogP contribution is 2.37. The zero-order valence-electron chi connectivity index (χ0n) is 15.4. The van der Waals surface area contributed by atoms with Gasteiger partial charge in [0.15, 0.2) is 0 Å². The largest absolute Gasteiger partial charge is 0.326 e. The third-order valence-electron chi connectivity index (χ3n) is 5.11. The van der Waals surface area contributed by atoms with Crippen LogP contribution in [0.25, 0.3) is 10.8 Å². The minimum absolute atomic E-state index is 0.0155. The van der Waals surface area contributed by atoms with E-state index in [0.717, 1.165) is 39.7 Å². The van der Waals surface area contributed by atoms with E-state index in [9.17, 15) is 9.59 Å². The number of hydrogen-bond donors (Lipinski definition) is 1. The number of aryl methyl sites for hydroxylation is 1. The Bertz CT molecular complexity index is 1020. The Labute approximate surface area is 158 Å². The molecule has 0 fully saturated rings. The highest BCUT2D eigenvalue weighted by Gasteiger charge is 2.28. The first kappa shape index (κ1) is 17.3. The molecule has 0 unspecified atom stereocenters. The van der Waals surface area contributed by atoms with Gasteiger partial charge in [-0.15, -0.1) is 0 Å². The van der Waals surface area contributed by atoms with Crippen molar-refractivity contribution in [1.29, 1.82) is 0 Å². The summed E-state index contributed by atoms with van der Waals surface area (Å²) in [6.07, 6.45) is 1.88. The van der Waals surface area contributed by atoms with E-state index in [4.69, 9.17) is 0 Å². The van der Waals surface area contributed by atoms with Gasteiger partial charge < -0.3 is 10.2 Å². The van der Waals surface area contributed by atoms with Crippen molar-refractivity contribution >= 4 is 34.0 Å². The van der Waals surface area contributed by atoms with Crippen molar-refractivity contribution in [2.75, 3.05) is 16.8 Å². The third kappa shape index (κ3) is 3.19. The summed E-state index contributed by atoms with van der Waals surface area (Å²) in [5.74, 6) is 0.0109. The molecule has 1 aliphatic heterocycles. The van der Waals surface area contributed by atoms with Crippen LogP contribution in [0.3, 0.4) is 0 Å². The second-order valence-electron chi connectivity index (χ2n) is 6.80. The van der Waals surface area contributed by atoms with Crippen molar-refractivity contribution in [2.24, 2.45) is 0 Å². The summed E-state index contributed by atoms with van der Waals surface area (Å²) in [6, 6.07) is 19.7. The van der Waals surface area contributed by atoms with Gasteiger partial charge >= 0.3 is 0 Å². The van der Waals surface area contributed by atoms with Crippen LogP contribution in [0.1, 0.15) is 35.7 Å². The predicted molar refractivity (Wildman–Crippen MR) is 109 cm³/mol. The Kier molecular flexibility index (Phi) is 4.63. The number of carbonyl (C=O) groups is 2. The Hall–Kier alpha value is -3.14. The van der Waals surface area contributed by atoms with Crippen molar-refractivity contribution in [3.8, 4) is 0 Å². The van der Waals surface area contributed by atoms with Crippen LogP contribution < -0.4 is 10.2 Å². The molecule has 0 radical (unpaired) electrons. The highest BCUT2D eigenvalue weighted by atomic mass is 16.2. The van der Waals surface area contributed by atoms with Crippen molar-refractivity contribution in [2.45, 2.75) is 26.2 Å². The van der Waals surface area contributed by atoms with E-state index in [2.05, 4.69) is 12.2 Å². The van der Waals surface area contributed by atoms with E-state index in [0.29, 0.717) is 19.4 Å². The van der Waals surface area contributed by atoms with Crippen LogP contribution >= 0.6 is 0 Å². The monoisotopic (exact) mass is 358 g/mol. The first-order valence-electron chi connectivity index (χ1n) is 9.40. The standard InChI is InChI=1S/C23H22N2O2/c1-2-16-8-3-4-12-19(16)24-21(26)14-7-15-25-20-13-6-10-17-9-5-11-18(22(17)20)23(25)27/h3-6,8-13H,2,7,14-15H2,1H3,(H,24,26). The molecule has 1 aliphatic rings. The van der Waals surface area contributed by atoms with Gasteiger partial charge in [-0.1, -0.05) is 49.4 Å². The van der Waals surface area contributed by atoms with Crippen molar-refractivity contribution in [1.82, 2.24) is 0 Å². The maximum absolute atomic E-state index is 12.8. The second kappa shape index (κ2) is 7.23. The molecule has 0 aliphatic carbocycles. The molecular formula is C23H22N2O2. The Morgan fingerprint density at radius 2 is 1.78 bits per heavy atom. The molecule has 4 rings (SSSR count). The van der Waals surface area contributed by atoms with E-state index in [1.165, 1.54) is 0 Å². The average Bonchev–Trinajstić information content (AvgIpc) is 2.96. The fourth-order valence-electron chi connectivity index (χ4n) is 3.76. The molecule has 3 aromatic carbocycles. The molecule has 4 nitrogen and oxygen atoms in total. The predicted octanol–water partition coefficient (Wildman–Crippen LogP) is 4.78. The van der Waals surface area contributed by atoms with Gasteiger partial charge in [-0.25, -0.2) is 0 Å². The second-order valence-corrected chi connectivity index (χ2v) is 6.80. The lowest BCUT2D eigenvalue weighted by atomic mass is 10.1. The first-order chi connectivity index (χ1) is 13.2. The lowest BCUT2D eigenvalue weighted by Crippen LogP contribution is -2.28. The van der Waals surface area contributed by atoms with Crippen LogP contribution in [0, 0.1) is 0 Å². The van der Waals surface area contributed by atoms with Crippen LogP contribution in [-0.4, -0.2) is 18.4 Å². The minimum Gasteiger partial charge on any atom is -0.326 e. The first-order valence-corrected chi connectivity index (χ1v) is 9.40. The summed E-state index contributed by atoms with van der Waals surface area (Å²) < 4.78 is 0. The van der Waals surface area contributed by atoms with E-state index < -0.39 is 0 Å². The molecule has 0 aromatic heterocycles. The van der Waals surface area contributed by atoms with Crippen molar-refractivity contribution in [3.63, 3.8) is 0 Å². The van der Waals surface area contributed by atoms with Gasteiger partial charge in [-0.05, 0) is 42.0 Å². The molecule has 136 valence electrons. The molecule has 0 saturated heterocycles. The number of nitrogens with one attached hydrogen (secondary N) is 1. The maximum atomic E-state index is 12.8. The fraction of sp³-hybridized carbons (Fsp3) is 0.217. The summed E-state index contributed by atoms with van der Waals surface area (Å²) in [5.41, 5.74) is 3.70. The molecule has 1 N–H and O–H groups in total. The van der Waals surface area contributed by atoms with Crippen molar-refractivity contribution in [3.05, 3.63) is 71.8 Å². The molecule has 0 spiro atoms. The van der Waals surface area contributed by atoms with E-state index >= 15 is 0 Å². The van der Waals surface area contributed by atoms with Gasteiger partial charge in [0.2, 0.25) is 5.91 Å². The lowest BCUT2D eigenvalue weighted by molar-refractivity contribution is -0.116. The Morgan fingerprint density at radius 1 is 1.00 bits per heavy atom. The van der Waals surface area contributed by atoms with Crippen LogP contribution in [0.2, 0.25) is 0 Å². The summed E-state index contributed by atoms with van der Waals surface area (Å²) >= 11 is 0. The zero-order chi connectivity index (χ0) is 18.8. The molecule has 0 atom stereocenters. The molecule has 0 bridgehead atoms. The Balaban J connectivity index is 1.41. The third-order valence-corrected chi connectivity index (χ3v) is 5.11. The van der Waals surface area contributed by atoms with Gasteiger partial charge in [0.05, 0.1) is 5.69 Å². The number of benzene rings is 3. The van der Waals surface area contributed by atoms with E-state index in [1.807, 2.05) is 60.7 Å². The van der Waals surface area contributed by atoms with Gasteiger partial charge in [-0.3, -0.25) is 9.59 Å². The highest BCUT2D eigenvalue weighted by molar-refractivity contribution is 6.25. The average molecular weight is 358 g/mol. The maximum Gasteiger partial charge on any atom is 0.258 e. The molecule has 3 aromatic rings. The number of nitrogens with zero attached hydrogens (tertiary/aromatic N) is 1. The van der Waals surface area contributed by atoms with Gasteiger partial charge in [0.25, 0.3) is 5.91 Å². The normalized spacial score (nSPS) is 12.6. The number of carbonyl (C=O) groups excluding carboxylic acids is 2. The SMILES string of the molecule is CCc1ccccc1NC(=O)CCCN1C(=O)c2cccc3cccc1c23. The van der Waals surface area contributed by atoms with Crippen LogP contribution in [0.4, 0.5) is 11.4 Å². The fourth-order valence-corrected chi connectivity index (χ4v) is 3.76.